The fourth-order valence-corrected chi connectivity index (χ4v) is 3.09. The van der Waals surface area contributed by atoms with Crippen molar-refractivity contribution in [3.63, 3.8) is 0 Å². The minimum atomic E-state index is 0.700. The van der Waals surface area contributed by atoms with E-state index in [2.05, 4.69) is 67.3 Å². The Morgan fingerprint density at radius 2 is 1.96 bits per heavy atom. The molecule has 23 heavy (non-hydrogen) atoms. The van der Waals surface area contributed by atoms with Gasteiger partial charge in [0.2, 0.25) is 0 Å². The Hall–Kier alpha value is -1.55. The monoisotopic (exact) mass is 316 g/mol. The molecule has 0 saturated carbocycles. The van der Waals surface area contributed by atoms with Crippen LogP contribution in [0.5, 0.6) is 0 Å². The van der Waals surface area contributed by atoms with Gasteiger partial charge >= 0.3 is 0 Å². The maximum atomic E-state index is 4.86. The molecule has 0 aliphatic carbocycles. The molecule has 0 bridgehead atoms. The van der Waals surface area contributed by atoms with Gasteiger partial charge in [-0.3, -0.25) is 4.99 Å². The average Bonchev–Trinajstić information content (AvgIpc) is 2.97. The largest absolute Gasteiger partial charge is 0.357 e. The first-order valence-corrected chi connectivity index (χ1v) is 8.88. The summed E-state index contributed by atoms with van der Waals surface area (Å²) in [6.45, 7) is 9.41. The van der Waals surface area contributed by atoms with Crippen LogP contribution in [0.15, 0.2) is 29.3 Å². The Morgan fingerprint density at radius 3 is 2.52 bits per heavy atom. The van der Waals surface area contributed by atoms with Crippen LogP contribution in [-0.2, 0) is 13.0 Å². The summed E-state index contributed by atoms with van der Waals surface area (Å²) in [6, 6.07) is 8.90. The van der Waals surface area contributed by atoms with Crippen LogP contribution >= 0.6 is 0 Å². The number of rotatable bonds is 6. The molecule has 2 rings (SSSR count). The van der Waals surface area contributed by atoms with Crippen LogP contribution in [-0.4, -0.2) is 56.0 Å². The lowest BCUT2D eigenvalue weighted by atomic mass is 10.1. The molecule has 128 valence electrons. The summed E-state index contributed by atoms with van der Waals surface area (Å²) in [6.07, 6.45) is 2.36. The minimum Gasteiger partial charge on any atom is -0.357 e. The molecule has 1 N–H and O–H groups in total. The standard InChI is InChI=1S/C19H32N4/c1-5-16-7-9-17(10-8-16)15-23(4)19(20-6-2)21-13-18-11-12-22(3)14-18/h7-10,18H,5-6,11-15H2,1-4H3,(H,20,21). The summed E-state index contributed by atoms with van der Waals surface area (Å²) < 4.78 is 0. The van der Waals surface area contributed by atoms with Crippen molar-refractivity contribution in [2.75, 3.05) is 40.3 Å². The molecule has 1 aromatic rings. The van der Waals surface area contributed by atoms with Crippen molar-refractivity contribution in [1.82, 2.24) is 15.1 Å². The van der Waals surface area contributed by atoms with Crippen LogP contribution in [0.25, 0.3) is 0 Å². The molecule has 1 aliphatic rings. The van der Waals surface area contributed by atoms with Gasteiger partial charge in [0.05, 0.1) is 0 Å². The number of hydrogen-bond acceptors (Lipinski definition) is 2. The summed E-state index contributed by atoms with van der Waals surface area (Å²) in [7, 11) is 4.32. The van der Waals surface area contributed by atoms with E-state index in [1.54, 1.807) is 0 Å². The van der Waals surface area contributed by atoms with Gasteiger partial charge in [-0.05, 0) is 50.4 Å². The number of likely N-dealkylation sites (tertiary alicyclic amines) is 1. The Bertz CT molecular complexity index is 495. The van der Waals surface area contributed by atoms with Gasteiger partial charge in [0, 0.05) is 33.2 Å². The predicted molar refractivity (Wildman–Crippen MR) is 98.9 cm³/mol. The van der Waals surface area contributed by atoms with Gasteiger partial charge in [-0.1, -0.05) is 31.2 Å². The molecule has 0 aromatic heterocycles. The van der Waals surface area contributed by atoms with E-state index in [1.165, 1.54) is 30.6 Å². The summed E-state index contributed by atoms with van der Waals surface area (Å²) >= 11 is 0. The first-order chi connectivity index (χ1) is 11.1. The van der Waals surface area contributed by atoms with Crippen LogP contribution in [0.1, 0.15) is 31.4 Å². The number of benzene rings is 1. The molecule has 1 heterocycles. The van der Waals surface area contributed by atoms with Crippen molar-refractivity contribution < 1.29 is 0 Å². The lowest BCUT2D eigenvalue weighted by molar-refractivity contribution is 0.396. The molecule has 1 fully saturated rings. The third-order valence-corrected chi connectivity index (χ3v) is 4.54. The van der Waals surface area contributed by atoms with Crippen molar-refractivity contribution >= 4 is 5.96 Å². The smallest absolute Gasteiger partial charge is 0.193 e. The summed E-state index contributed by atoms with van der Waals surface area (Å²) in [5.74, 6) is 1.72. The number of nitrogens with one attached hydrogen (secondary N) is 1. The normalized spacial score (nSPS) is 19.1. The molecular formula is C19H32N4. The van der Waals surface area contributed by atoms with E-state index in [-0.39, 0.29) is 0 Å². The Balaban J connectivity index is 1.94. The number of guanidine groups is 1. The summed E-state index contributed by atoms with van der Waals surface area (Å²) in [4.78, 5) is 9.48. The number of aliphatic imine (C=N–C) groups is 1. The fraction of sp³-hybridized carbons (Fsp3) is 0.632. The molecule has 1 atom stereocenters. The molecule has 4 heteroatoms. The Morgan fingerprint density at radius 1 is 1.26 bits per heavy atom. The molecular weight excluding hydrogens is 284 g/mol. The number of aryl methyl sites for hydroxylation is 1. The van der Waals surface area contributed by atoms with Gasteiger partial charge in [-0.15, -0.1) is 0 Å². The quantitative estimate of drug-likeness (QED) is 0.646. The number of nitrogens with zero attached hydrogens (tertiary/aromatic N) is 3. The van der Waals surface area contributed by atoms with E-state index in [0.717, 1.165) is 32.0 Å². The van der Waals surface area contributed by atoms with E-state index in [1.807, 2.05) is 0 Å². The van der Waals surface area contributed by atoms with Gasteiger partial charge in [0.15, 0.2) is 5.96 Å². The van der Waals surface area contributed by atoms with Crippen molar-refractivity contribution in [3.8, 4) is 0 Å². The van der Waals surface area contributed by atoms with Crippen LogP contribution in [0, 0.1) is 5.92 Å². The molecule has 0 amide bonds. The van der Waals surface area contributed by atoms with Gasteiger partial charge in [-0.25, -0.2) is 0 Å². The molecule has 1 unspecified atom stereocenters. The van der Waals surface area contributed by atoms with Crippen LogP contribution in [0.3, 0.4) is 0 Å². The molecule has 1 saturated heterocycles. The summed E-state index contributed by atoms with van der Waals surface area (Å²) in [5.41, 5.74) is 2.72. The van der Waals surface area contributed by atoms with E-state index >= 15 is 0 Å². The van der Waals surface area contributed by atoms with Crippen molar-refractivity contribution in [2.24, 2.45) is 10.9 Å². The molecule has 1 aromatic carbocycles. The van der Waals surface area contributed by atoms with E-state index in [4.69, 9.17) is 4.99 Å². The fourth-order valence-electron chi connectivity index (χ4n) is 3.09. The molecule has 1 aliphatic heterocycles. The lowest BCUT2D eigenvalue weighted by Gasteiger charge is -2.23. The summed E-state index contributed by atoms with van der Waals surface area (Å²) in [5, 5.41) is 3.42. The molecule has 0 radical (unpaired) electrons. The lowest BCUT2D eigenvalue weighted by Crippen LogP contribution is -2.38. The first kappa shape index (κ1) is 17.8. The van der Waals surface area contributed by atoms with Gasteiger partial charge in [-0.2, -0.15) is 0 Å². The molecule has 4 nitrogen and oxygen atoms in total. The van der Waals surface area contributed by atoms with Crippen molar-refractivity contribution in [3.05, 3.63) is 35.4 Å². The highest BCUT2D eigenvalue weighted by molar-refractivity contribution is 5.79. The van der Waals surface area contributed by atoms with Crippen LogP contribution in [0.4, 0.5) is 0 Å². The highest BCUT2D eigenvalue weighted by Crippen LogP contribution is 2.14. The second-order valence-electron chi connectivity index (χ2n) is 6.64. The van der Waals surface area contributed by atoms with Crippen molar-refractivity contribution in [2.45, 2.75) is 33.2 Å². The zero-order chi connectivity index (χ0) is 16.7. The predicted octanol–water partition coefficient (Wildman–Crippen LogP) is 2.60. The number of hydrogen-bond donors (Lipinski definition) is 1. The van der Waals surface area contributed by atoms with Gasteiger partial charge in [0.25, 0.3) is 0 Å². The third kappa shape index (κ3) is 5.54. The maximum Gasteiger partial charge on any atom is 0.193 e. The third-order valence-electron chi connectivity index (χ3n) is 4.54. The van der Waals surface area contributed by atoms with E-state index < -0.39 is 0 Å². The highest BCUT2D eigenvalue weighted by atomic mass is 15.3. The molecule has 0 spiro atoms. The second kappa shape index (κ2) is 8.92. The maximum absolute atomic E-state index is 4.86. The topological polar surface area (TPSA) is 30.9 Å². The van der Waals surface area contributed by atoms with E-state index in [0.29, 0.717) is 5.92 Å². The van der Waals surface area contributed by atoms with Gasteiger partial charge < -0.3 is 15.1 Å². The first-order valence-electron chi connectivity index (χ1n) is 8.88. The van der Waals surface area contributed by atoms with Gasteiger partial charge in [0.1, 0.15) is 0 Å². The van der Waals surface area contributed by atoms with E-state index in [9.17, 15) is 0 Å². The van der Waals surface area contributed by atoms with Crippen molar-refractivity contribution in [1.29, 1.82) is 0 Å². The minimum absolute atomic E-state index is 0.700. The van der Waals surface area contributed by atoms with Crippen LogP contribution < -0.4 is 5.32 Å². The van der Waals surface area contributed by atoms with Crippen LogP contribution in [0.2, 0.25) is 0 Å². The SMILES string of the molecule is CCNC(=NCC1CCN(C)C1)N(C)Cc1ccc(CC)cc1. The Kier molecular flexibility index (Phi) is 6.90. The highest BCUT2D eigenvalue weighted by Gasteiger charge is 2.19. The second-order valence-corrected chi connectivity index (χ2v) is 6.64. The Labute approximate surface area is 141 Å². The average molecular weight is 316 g/mol. The zero-order valence-corrected chi connectivity index (χ0v) is 15.2. The zero-order valence-electron chi connectivity index (χ0n) is 15.2.